The Morgan fingerprint density at radius 3 is 2.36 bits per heavy atom. The van der Waals surface area contributed by atoms with Crippen LogP contribution in [0.3, 0.4) is 0 Å². The molecule has 0 spiro atoms. The van der Waals surface area contributed by atoms with Gasteiger partial charge in [0, 0.05) is 33.4 Å². The first kappa shape index (κ1) is 23.0. The quantitative estimate of drug-likeness (QED) is 0.213. The Morgan fingerprint density at radius 2 is 1.72 bits per heavy atom. The molecule has 2 N–H and O–H groups in total. The number of halogens is 1. The lowest BCUT2D eigenvalue weighted by atomic mass is 9.99. The summed E-state index contributed by atoms with van der Waals surface area (Å²) in [6.45, 7) is 9.95. The highest BCUT2D eigenvalue weighted by atomic mass is 127. The van der Waals surface area contributed by atoms with Crippen LogP contribution in [-0.2, 0) is 4.74 Å². The Balaban J connectivity index is 0.00000312. The fraction of sp³-hybridized carbons (Fsp3) is 0.947. The predicted octanol–water partition coefficient (Wildman–Crippen LogP) is 3.10. The van der Waals surface area contributed by atoms with Gasteiger partial charge in [0.05, 0.1) is 0 Å². The van der Waals surface area contributed by atoms with Crippen LogP contribution >= 0.6 is 24.0 Å². The molecule has 0 aromatic carbocycles. The standard InChI is InChI=1S/C19H38N4O.HI/c1-17-8-13-23(14-9-17)12-4-3-10-21-19(20-2)22-11-5-15-24-16-18-6-7-18;/h17-18H,3-16H2,1-2H3,(H2,20,21,22);1H. The monoisotopic (exact) mass is 466 g/mol. The Hall–Kier alpha value is -0.0800. The van der Waals surface area contributed by atoms with Crippen molar-refractivity contribution in [1.29, 1.82) is 0 Å². The van der Waals surface area contributed by atoms with Gasteiger partial charge in [0.15, 0.2) is 5.96 Å². The molecule has 0 aromatic heterocycles. The molecule has 2 fully saturated rings. The maximum Gasteiger partial charge on any atom is 0.190 e. The van der Waals surface area contributed by atoms with Gasteiger partial charge in [-0.1, -0.05) is 6.92 Å². The molecule has 6 heteroatoms. The average Bonchev–Trinajstić information content (AvgIpc) is 3.41. The molecule has 0 bridgehead atoms. The molecule has 1 saturated carbocycles. The van der Waals surface area contributed by atoms with Crippen LogP contribution in [0.1, 0.15) is 51.9 Å². The normalized spacial score (nSPS) is 19.5. The maximum absolute atomic E-state index is 5.65. The summed E-state index contributed by atoms with van der Waals surface area (Å²) < 4.78 is 5.65. The molecule has 1 heterocycles. The third-order valence-electron chi connectivity index (χ3n) is 5.10. The van der Waals surface area contributed by atoms with Crippen molar-refractivity contribution in [1.82, 2.24) is 15.5 Å². The molecular formula is C19H39IN4O. The smallest absolute Gasteiger partial charge is 0.190 e. The summed E-state index contributed by atoms with van der Waals surface area (Å²) >= 11 is 0. The van der Waals surface area contributed by atoms with Crippen molar-refractivity contribution in [2.45, 2.75) is 51.9 Å². The van der Waals surface area contributed by atoms with Crippen LogP contribution < -0.4 is 10.6 Å². The first-order valence-electron chi connectivity index (χ1n) is 10.0. The number of rotatable bonds is 11. The van der Waals surface area contributed by atoms with Crippen molar-refractivity contribution in [3.8, 4) is 0 Å². The molecular weight excluding hydrogens is 427 g/mol. The molecule has 0 radical (unpaired) electrons. The minimum Gasteiger partial charge on any atom is -0.381 e. The Labute approximate surface area is 171 Å². The molecule has 2 aliphatic rings. The summed E-state index contributed by atoms with van der Waals surface area (Å²) in [6.07, 6.45) is 9.00. The van der Waals surface area contributed by atoms with E-state index in [1.807, 2.05) is 7.05 Å². The highest BCUT2D eigenvalue weighted by molar-refractivity contribution is 14.0. The lowest BCUT2D eigenvalue weighted by molar-refractivity contribution is 0.123. The van der Waals surface area contributed by atoms with E-state index < -0.39 is 0 Å². The fourth-order valence-corrected chi connectivity index (χ4v) is 3.09. The number of aliphatic imine (C=N–C) groups is 1. The predicted molar refractivity (Wildman–Crippen MR) is 117 cm³/mol. The molecule has 0 aromatic rings. The Kier molecular flexibility index (Phi) is 12.9. The van der Waals surface area contributed by atoms with Gasteiger partial charge in [-0.3, -0.25) is 4.99 Å². The Morgan fingerprint density at radius 1 is 1.04 bits per heavy atom. The van der Waals surface area contributed by atoms with E-state index in [2.05, 4.69) is 27.4 Å². The second-order valence-electron chi connectivity index (χ2n) is 7.53. The van der Waals surface area contributed by atoms with E-state index in [0.717, 1.165) is 50.5 Å². The average molecular weight is 466 g/mol. The second-order valence-corrected chi connectivity index (χ2v) is 7.53. The third kappa shape index (κ3) is 11.3. The van der Waals surface area contributed by atoms with Crippen molar-refractivity contribution in [2.75, 3.05) is 53.0 Å². The minimum absolute atomic E-state index is 0. The highest BCUT2D eigenvalue weighted by Gasteiger charge is 2.20. The molecule has 25 heavy (non-hydrogen) atoms. The van der Waals surface area contributed by atoms with Crippen LogP contribution in [0, 0.1) is 11.8 Å². The van der Waals surface area contributed by atoms with Crippen molar-refractivity contribution in [2.24, 2.45) is 16.8 Å². The van der Waals surface area contributed by atoms with Gasteiger partial charge >= 0.3 is 0 Å². The first-order valence-corrected chi connectivity index (χ1v) is 10.0. The van der Waals surface area contributed by atoms with Crippen LogP contribution in [0.25, 0.3) is 0 Å². The SMILES string of the molecule is CN=C(NCCCCN1CCC(C)CC1)NCCCOCC1CC1.I. The van der Waals surface area contributed by atoms with Crippen LogP contribution in [0.15, 0.2) is 4.99 Å². The van der Waals surface area contributed by atoms with E-state index in [9.17, 15) is 0 Å². The zero-order valence-corrected chi connectivity index (χ0v) is 18.6. The third-order valence-corrected chi connectivity index (χ3v) is 5.10. The maximum atomic E-state index is 5.65. The zero-order valence-electron chi connectivity index (χ0n) is 16.3. The van der Waals surface area contributed by atoms with E-state index in [-0.39, 0.29) is 24.0 Å². The number of hydrogen-bond donors (Lipinski definition) is 2. The number of hydrogen-bond acceptors (Lipinski definition) is 3. The number of nitrogens with zero attached hydrogens (tertiary/aromatic N) is 2. The number of piperidine rings is 1. The van der Waals surface area contributed by atoms with Gasteiger partial charge in [0.1, 0.15) is 0 Å². The van der Waals surface area contributed by atoms with Crippen LogP contribution in [0.2, 0.25) is 0 Å². The van der Waals surface area contributed by atoms with Crippen molar-refractivity contribution >= 4 is 29.9 Å². The fourth-order valence-electron chi connectivity index (χ4n) is 3.09. The summed E-state index contributed by atoms with van der Waals surface area (Å²) in [5.41, 5.74) is 0. The molecule has 2 rings (SSSR count). The number of ether oxygens (including phenoxy) is 1. The van der Waals surface area contributed by atoms with E-state index in [0.29, 0.717) is 0 Å². The number of nitrogens with one attached hydrogen (secondary N) is 2. The van der Waals surface area contributed by atoms with Gasteiger partial charge in [-0.2, -0.15) is 0 Å². The van der Waals surface area contributed by atoms with E-state index in [1.54, 1.807) is 0 Å². The Bertz CT molecular complexity index is 355. The molecule has 0 atom stereocenters. The lowest BCUT2D eigenvalue weighted by Crippen LogP contribution is -2.39. The topological polar surface area (TPSA) is 48.9 Å². The first-order chi connectivity index (χ1) is 11.8. The molecule has 0 amide bonds. The number of guanidine groups is 1. The summed E-state index contributed by atoms with van der Waals surface area (Å²) in [6, 6.07) is 0. The summed E-state index contributed by atoms with van der Waals surface area (Å²) in [5.74, 6) is 2.71. The van der Waals surface area contributed by atoms with Crippen LogP contribution in [0.4, 0.5) is 0 Å². The van der Waals surface area contributed by atoms with E-state index in [4.69, 9.17) is 4.74 Å². The largest absolute Gasteiger partial charge is 0.381 e. The van der Waals surface area contributed by atoms with Crippen LogP contribution in [0.5, 0.6) is 0 Å². The summed E-state index contributed by atoms with van der Waals surface area (Å²) in [7, 11) is 1.84. The van der Waals surface area contributed by atoms with Crippen molar-refractivity contribution < 1.29 is 4.74 Å². The molecule has 5 nitrogen and oxygen atoms in total. The van der Waals surface area contributed by atoms with Crippen molar-refractivity contribution in [3.05, 3.63) is 0 Å². The second kappa shape index (κ2) is 14.0. The highest BCUT2D eigenvalue weighted by Crippen LogP contribution is 2.28. The molecule has 1 aliphatic heterocycles. The summed E-state index contributed by atoms with van der Waals surface area (Å²) in [5, 5.41) is 6.78. The van der Waals surface area contributed by atoms with Gasteiger partial charge in [-0.05, 0) is 76.4 Å². The van der Waals surface area contributed by atoms with Gasteiger partial charge in [-0.25, -0.2) is 0 Å². The molecule has 1 saturated heterocycles. The lowest BCUT2D eigenvalue weighted by Gasteiger charge is -2.30. The van der Waals surface area contributed by atoms with Gasteiger partial charge in [0.25, 0.3) is 0 Å². The zero-order chi connectivity index (χ0) is 17.0. The molecule has 148 valence electrons. The van der Waals surface area contributed by atoms with Crippen molar-refractivity contribution in [3.63, 3.8) is 0 Å². The van der Waals surface area contributed by atoms with E-state index in [1.165, 1.54) is 58.2 Å². The number of unbranched alkanes of at least 4 members (excludes halogenated alkanes) is 1. The van der Waals surface area contributed by atoms with Gasteiger partial charge in [-0.15, -0.1) is 24.0 Å². The number of likely N-dealkylation sites (tertiary alicyclic amines) is 1. The van der Waals surface area contributed by atoms with Crippen LogP contribution in [-0.4, -0.2) is 63.8 Å². The van der Waals surface area contributed by atoms with E-state index >= 15 is 0 Å². The van der Waals surface area contributed by atoms with Gasteiger partial charge < -0.3 is 20.3 Å². The summed E-state index contributed by atoms with van der Waals surface area (Å²) in [4.78, 5) is 6.90. The molecule has 0 unspecified atom stereocenters. The minimum atomic E-state index is 0. The van der Waals surface area contributed by atoms with Gasteiger partial charge in [0.2, 0.25) is 0 Å². The molecule has 1 aliphatic carbocycles.